The number of para-hydroxylation sites is 2. The summed E-state index contributed by atoms with van der Waals surface area (Å²) >= 11 is 0. The fourth-order valence-electron chi connectivity index (χ4n) is 6.38. The molecular formula is C38H36N6Si2. The summed E-state index contributed by atoms with van der Waals surface area (Å²) in [6.07, 6.45) is 8.06. The highest BCUT2D eigenvalue weighted by molar-refractivity contribution is 6.89. The van der Waals surface area contributed by atoms with Crippen LogP contribution in [0.3, 0.4) is 0 Å². The van der Waals surface area contributed by atoms with Crippen LogP contribution in [0.25, 0.3) is 66.6 Å². The van der Waals surface area contributed by atoms with Gasteiger partial charge in [0, 0.05) is 46.3 Å². The van der Waals surface area contributed by atoms with E-state index in [1.807, 2.05) is 24.8 Å². The topological polar surface area (TPSA) is 61.4 Å². The SMILES string of the molecule is C[Si](C)(C)c1cnc(-n2c3ccccc3c3cc(-c4ccc5c(c4)c4ccccc4n5-c4ncc([Si](C)(C)C)cn4)ccc32)nc1. The normalized spacial score (nSPS) is 12.6. The third-order valence-electron chi connectivity index (χ3n) is 9.09. The summed E-state index contributed by atoms with van der Waals surface area (Å²) in [5, 5.41) is 7.26. The Balaban J connectivity index is 1.27. The summed E-state index contributed by atoms with van der Waals surface area (Å²) in [5.41, 5.74) is 6.74. The Kier molecular flexibility index (Phi) is 6.39. The Morgan fingerprint density at radius 3 is 1.13 bits per heavy atom. The van der Waals surface area contributed by atoms with Crippen molar-refractivity contribution in [1.82, 2.24) is 29.1 Å². The van der Waals surface area contributed by atoms with Crippen molar-refractivity contribution in [2.24, 2.45) is 0 Å². The van der Waals surface area contributed by atoms with Gasteiger partial charge in [0.15, 0.2) is 0 Å². The van der Waals surface area contributed by atoms with E-state index >= 15 is 0 Å². The van der Waals surface area contributed by atoms with Crippen LogP contribution in [0.1, 0.15) is 0 Å². The van der Waals surface area contributed by atoms with Crippen LogP contribution in [-0.2, 0) is 0 Å². The summed E-state index contributed by atoms with van der Waals surface area (Å²) in [5.74, 6) is 1.41. The van der Waals surface area contributed by atoms with E-state index < -0.39 is 16.1 Å². The van der Waals surface area contributed by atoms with E-state index in [0.717, 1.165) is 22.1 Å². The molecule has 0 fully saturated rings. The molecular weight excluding hydrogens is 597 g/mol. The highest BCUT2D eigenvalue weighted by atomic mass is 28.3. The average Bonchev–Trinajstić information content (AvgIpc) is 3.56. The van der Waals surface area contributed by atoms with Crippen molar-refractivity contribution in [2.75, 3.05) is 0 Å². The fourth-order valence-corrected chi connectivity index (χ4v) is 8.19. The van der Waals surface area contributed by atoms with Crippen molar-refractivity contribution in [3.05, 3.63) is 110 Å². The van der Waals surface area contributed by atoms with E-state index in [4.69, 9.17) is 19.9 Å². The number of fused-ring (bicyclic) bond motifs is 6. The smallest absolute Gasteiger partial charge is 0.234 e. The van der Waals surface area contributed by atoms with Crippen LogP contribution in [0.15, 0.2) is 110 Å². The number of rotatable bonds is 5. The molecule has 0 aliphatic carbocycles. The molecule has 46 heavy (non-hydrogen) atoms. The minimum Gasteiger partial charge on any atom is -0.278 e. The molecule has 4 aromatic carbocycles. The predicted molar refractivity (Wildman–Crippen MR) is 198 cm³/mol. The molecule has 0 aliphatic heterocycles. The quantitative estimate of drug-likeness (QED) is 0.179. The molecule has 0 saturated carbocycles. The Morgan fingerprint density at radius 2 is 0.761 bits per heavy atom. The summed E-state index contributed by atoms with van der Waals surface area (Å²) in [6.45, 7) is 13.9. The van der Waals surface area contributed by atoms with Gasteiger partial charge in [-0.3, -0.25) is 9.13 Å². The van der Waals surface area contributed by atoms with Gasteiger partial charge in [-0.05, 0) is 57.9 Å². The number of aromatic nitrogens is 6. The average molecular weight is 633 g/mol. The summed E-state index contributed by atoms with van der Waals surface area (Å²) < 4.78 is 4.37. The highest BCUT2D eigenvalue weighted by Gasteiger charge is 2.21. The molecule has 8 aromatic rings. The molecule has 0 saturated heterocycles. The number of benzene rings is 4. The predicted octanol–water partition coefficient (Wildman–Crippen LogP) is 8.22. The largest absolute Gasteiger partial charge is 0.278 e. The van der Waals surface area contributed by atoms with Crippen LogP contribution in [0, 0.1) is 0 Å². The molecule has 0 aliphatic rings. The maximum atomic E-state index is 4.85. The Labute approximate surface area is 270 Å². The first-order chi connectivity index (χ1) is 22.1. The monoisotopic (exact) mass is 632 g/mol. The van der Waals surface area contributed by atoms with Gasteiger partial charge in [-0.2, -0.15) is 0 Å². The van der Waals surface area contributed by atoms with Gasteiger partial charge < -0.3 is 0 Å². The molecule has 0 N–H and O–H groups in total. The van der Waals surface area contributed by atoms with Crippen molar-refractivity contribution in [2.45, 2.75) is 39.3 Å². The molecule has 8 rings (SSSR count). The van der Waals surface area contributed by atoms with E-state index in [-0.39, 0.29) is 0 Å². The number of hydrogen-bond donors (Lipinski definition) is 0. The summed E-state index contributed by atoms with van der Waals surface area (Å²) in [6, 6.07) is 30.5. The molecule has 6 nitrogen and oxygen atoms in total. The van der Waals surface area contributed by atoms with E-state index in [1.165, 1.54) is 43.0 Å². The maximum absolute atomic E-state index is 4.85. The first-order valence-electron chi connectivity index (χ1n) is 15.8. The Morgan fingerprint density at radius 1 is 0.413 bits per heavy atom. The third kappa shape index (κ3) is 4.59. The van der Waals surface area contributed by atoms with Gasteiger partial charge in [0.2, 0.25) is 11.9 Å². The molecule has 4 heterocycles. The third-order valence-corrected chi connectivity index (χ3v) is 13.1. The zero-order chi connectivity index (χ0) is 31.8. The molecule has 0 atom stereocenters. The van der Waals surface area contributed by atoms with Crippen molar-refractivity contribution in [3.63, 3.8) is 0 Å². The van der Waals surface area contributed by atoms with Crippen LogP contribution < -0.4 is 10.4 Å². The lowest BCUT2D eigenvalue weighted by atomic mass is 10.0. The molecule has 0 radical (unpaired) electrons. The Bertz CT molecular complexity index is 2250. The maximum Gasteiger partial charge on any atom is 0.234 e. The van der Waals surface area contributed by atoms with E-state index in [1.54, 1.807) is 0 Å². The Hall–Kier alpha value is -4.93. The standard InChI is InChI=1S/C38H36N6Si2/c1-45(2,3)27-21-39-37(40-22-27)43-33-13-9-7-11-29(33)31-19-25(15-17-35(31)43)26-16-18-36-32(20-26)30-12-8-10-14-34(30)44(36)38-41-23-28(24-42-38)46(4,5)6/h7-24H,1-6H3. The van der Waals surface area contributed by atoms with E-state index in [2.05, 4.69) is 133 Å². The minimum atomic E-state index is -1.50. The molecule has 0 unspecified atom stereocenters. The van der Waals surface area contributed by atoms with Gasteiger partial charge in [-0.1, -0.05) is 87.8 Å². The molecule has 0 bridgehead atoms. The van der Waals surface area contributed by atoms with Gasteiger partial charge in [0.05, 0.1) is 38.2 Å². The van der Waals surface area contributed by atoms with Gasteiger partial charge in [0.25, 0.3) is 0 Å². The van der Waals surface area contributed by atoms with Gasteiger partial charge in [0.1, 0.15) is 0 Å². The molecule has 4 aromatic heterocycles. The van der Waals surface area contributed by atoms with Gasteiger partial charge in [-0.15, -0.1) is 0 Å². The molecule has 226 valence electrons. The van der Waals surface area contributed by atoms with Crippen LogP contribution in [-0.4, -0.2) is 45.2 Å². The van der Waals surface area contributed by atoms with Crippen molar-refractivity contribution >= 4 is 70.1 Å². The number of hydrogen-bond acceptors (Lipinski definition) is 4. The van der Waals surface area contributed by atoms with E-state index in [0.29, 0.717) is 11.9 Å². The summed E-state index contributed by atoms with van der Waals surface area (Å²) in [4.78, 5) is 19.4. The molecule has 0 spiro atoms. The van der Waals surface area contributed by atoms with Gasteiger partial charge >= 0.3 is 0 Å². The van der Waals surface area contributed by atoms with Crippen molar-refractivity contribution in [1.29, 1.82) is 0 Å². The van der Waals surface area contributed by atoms with Crippen LogP contribution in [0.4, 0.5) is 0 Å². The first-order valence-corrected chi connectivity index (χ1v) is 22.8. The van der Waals surface area contributed by atoms with Crippen molar-refractivity contribution in [3.8, 4) is 23.0 Å². The second-order valence-electron chi connectivity index (χ2n) is 14.2. The minimum absolute atomic E-state index is 0.704. The van der Waals surface area contributed by atoms with Crippen molar-refractivity contribution < 1.29 is 0 Å². The summed E-state index contributed by atoms with van der Waals surface area (Å²) in [7, 11) is -3.00. The van der Waals surface area contributed by atoms with E-state index in [9.17, 15) is 0 Å². The highest BCUT2D eigenvalue weighted by Crippen LogP contribution is 2.37. The second kappa shape index (κ2) is 10.3. The van der Waals surface area contributed by atoms with Crippen LogP contribution >= 0.6 is 0 Å². The second-order valence-corrected chi connectivity index (χ2v) is 24.4. The lowest BCUT2D eigenvalue weighted by molar-refractivity contribution is 0.993. The zero-order valence-corrected chi connectivity index (χ0v) is 29.1. The number of nitrogens with zero attached hydrogens (tertiary/aromatic N) is 6. The lowest BCUT2D eigenvalue weighted by Crippen LogP contribution is -2.38. The first kappa shape index (κ1) is 28.5. The zero-order valence-electron chi connectivity index (χ0n) is 27.1. The van der Waals surface area contributed by atoms with Gasteiger partial charge in [-0.25, -0.2) is 19.9 Å². The van der Waals surface area contributed by atoms with Crippen LogP contribution in [0.5, 0.6) is 0 Å². The van der Waals surface area contributed by atoms with Crippen LogP contribution in [0.2, 0.25) is 39.3 Å². The lowest BCUT2D eigenvalue weighted by Gasteiger charge is -2.16. The fraction of sp³-hybridized carbons (Fsp3) is 0.158. The molecule has 8 heteroatoms. The molecule has 0 amide bonds.